The standard InChI is InChI=1S/C24H23NO5/c1-15-17(8-9-23(27)25-10-5-11-26)24(28)30-22-13-21-19(12-18(15)22)20(14-29-21)16-6-3-2-4-7-16/h2-4,6-7,12-14,26H,5,8-11H2,1H3,(H,25,27). The number of furan rings is 1. The highest BCUT2D eigenvalue weighted by molar-refractivity contribution is 6.02. The van der Waals surface area contributed by atoms with Gasteiger partial charge in [0.2, 0.25) is 5.91 Å². The van der Waals surface area contributed by atoms with E-state index in [9.17, 15) is 9.59 Å². The highest BCUT2D eigenvalue weighted by Crippen LogP contribution is 2.34. The van der Waals surface area contributed by atoms with E-state index in [1.165, 1.54) is 0 Å². The van der Waals surface area contributed by atoms with E-state index in [0.29, 0.717) is 36.1 Å². The Morgan fingerprint density at radius 3 is 2.67 bits per heavy atom. The highest BCUT2D eigenvalue weighted by Gasteiger charge is 2.16. The SMILES string of the molecule is Cc1c(CCC(=O)NCCCO)c(=O)oc2cc3occ(-c4ccccc4)c3cc12. The van der Waals surface area contributed by atoms with Gasteiger partial charge in [-0.15, -0.1) is 0 Å². The Kier molecular flexibility index (Phi) is 5.68. The van der Waals surface area contributed by atoms with Crippen LogP contribution in [0.1, 0.15) is 24.0 Å². The van der Waals surface area contributed by atoms with Crippen LogP contribution >= 0.6 is 0 Å². The van der Waals surface area contributed by atoms with E-state index in [4.69, 9.17) is 13.9 Å². The lowest BCUT2D eigenvalue weighted by Crippen LogP contribution is -2.26. The molecule has 0 aliphatic heterocycles. The number of rotatable bonds is 7. The third-order valence-corrected chi connectivity index (χ3v) is 5.33. The van der Waals surface area contributed by atoms with Crippen molar-refractivity contribution in [2.75, 3.05) is 13.2 Å². The van der Waals surface area contributed by atoms with Crippen LogP contribution in [0, 0.1) is 6.92 Å². The fourth-order valence-corrected chi connectivity index (χ4v) is 3.67. The first-order valence-corrected chi connectivity index (χ1v) is 9.99. The molecule has 6 heteroatoms. The van der Waals surface area contributed by atoms with Gasteiger partial charge in [-0.2, -0.15) is 0 Å². The van der Waals surface area contributed by atoms with Gasteiger partial charge < -0.3 is 19.3 Å². The van der Waals surface area contributed by atoms with Crippen LogP contribution in [0.3, 0.4) is 0 Å². The maximum atomic E-state index is 12.5. The quantitative estimate of drug-likeness (QED) is 0.359. The van der Waals surface area contributed by atoms with Crippen molar-refractivity contribution in [2.24, 2.45) is 0 Å². The normalized spacial score (nSPS) is 11.3. The number of aryl methyl sites for hydroxylation is 1. The van der Waals surface area contributed by atoms with E-state index in [1.54, 1.807) is 12.3 Å². The highest BCUT2D eigenvalue weighted by atomic mass is 16.4. The van der Waals surface area contributed by atoms with Crippen LogP contribution in [0.5, 0.6) is 0 Å². The Morgan fingerprint density at radius 1 is 1.10 bits per heavy atom. The van der Waals surface area contributed by atoms with Crippen molar-refractivity contribution in [1.82, 2.24) is 5.32 Å². The Morgan fingerprint density at radius 2 is 1.90 bits per heavy atom. The summed E-state index contributed by atoms with van der Waals surface area (Å²) in [5, 5.41) is 13.3. The van der Waals surface area contributed by atoms with E-state index in [1.807, 2.05) is 43.3 Å². The molecule has 0 saturated carbocycles. The molecular formula is C24H23NO5. The van der Waals surface area contributed by atoms with Crippen LogP contribution in [0.25, 0.3) is 33.1 Å². The van der Waals surface area contributed by atoms with Crippen molar-refractivity contribution in [3.05, 3.63) is 70.3 Å². The van der Waals surface area contributed by atoms with Crippen LogP contribution in [-0.2, 0) is 11.2 Å². The van der Waals surface area contributed by atoms with Gasteiger partial charge >= 0.3 is 5.63 Å². The Labute approximate surface area is 173 Å². The lowest BCUT2D eigenvalue weighted by atomic mass is 9.99. The summed E-state index contributed by atoms with van der Waals surface area (Å²) in [6, 6.07) is 13.7. The van der Waals surface area contributed by atoms with Crippen LogP contribution in [0.15, 0.2) is 62.4 Å². The number of nitrogens with one attached hydrogen (secondary N) is 1. The molecule has 0 fully saturated rings. The first-order chi connectivity index (χ1) is 14.6. The molecule has 4 aromatic rings. The van der Waals surface area contributed by atoms with Gasteiger partial charge in [-0.25, -0.2) is 4.79 Å². The van der Waals surface area contributed by atoms with Gasteiger partial charge in [-0.05, 0) is 37.0 Å². The van der Waals surface area contributed by atoms with Gasteiger partial charge in [0.05, 0.1) is 6.26 Å². The number of aliphatic hydroxyl groups excluding tert-OH is 1. The van der Waals surface area contributed by atoms with Gasteiger partial charge in [0.1, 0.15) is 11.2 Å². The molecule has 2 aromatic heterocycles. The molecule has 30 heavy (non-hydrogen) atoms. The summed E-state index contributed by atoms with van der Waals surface area (Å²) in [4.78, 5) is 24.5. The van der Waals surface area contributed by atoms with Crippen LogP contribution in [0.4, 0.5) is 0 Å². The zero-order valence-corrected chi connectivity index (χ0v) is 16.7. The lowest BCUT2D eigenvalue weighted by Gasteiger charge is -2.09. The van der Waals surface area contributed by atoms with Gasteiger partial charge in [-0.1, -0.05) is 30.3 Å². The number of carbonyl (C=O) groups excluding carboxylic acids is 1. The predicted molar refractivity (Wildman–Crippen MR) is 115 cm³/mol. The summed E-state index contributed by atoms with van der Waals surface area (Å²) >= 11 is 0. The molecule has 0 saturated heterocycles. The van der Waals surface area contributed by atoms with E-state index >= 15 is 0 Å². The van der Waals surface area contributed by atoms with E-state index < -0.39 is 5.63 Å². The molecule has 2 heterocycles. The zero-order chi connectivity index (χ0) is 21.1. The molecule has 0 bridgehead atoms. The van der Waals surface area contributed by atoms with Gasteiger partial charge in [0.25, 0.3) is 0 Å². The first kappa shape index (κ1) is 19.9. The second-order valence-corrected chi connectivity index (χ2v) is 7.28. The third-order valence-electron chi connectivity index (χ3n) is 5.33. The molecule has 6 nitrogen and oxygen atoms in total. The number of benzene rings is 2. The molecule has 154 valence electrons. The minimum Gasteiger partial charge on any atom is -0.464 e. The van der Waals surface area contributed by atoms with Gasteiger partial charge in [0.15, 0.2) is 0 Å². The summed E-state index contributed by atoms with van der Waals surface area (Å²) in [5.41, 5.74) is 4.02. The lowest BCUT2D eigenvalue weighted by molar-refractivity contribution is -0.121. The van der Waals surface area contributed by atoms with Crippen molar-refractivity contribution in [2.45, 2.75) is 26.2 Å². The van der Waals surface area contributed by atoms with Crippen LogP contribution in [0.2, 0.25) is 0 Å². The molecule has 0 aliphatic carbocycles. The molecule has 2 aromatic carbocycles. The molecule has 4 rings (SSSR count). The molecule has 0 aliphatic rings. The molecule has 0 unspecified atom stereocenters. The first-order valence-electron chi connectivity index (χ1n) is 9.99. The fraction of sp³-hybridized carbons (Fsp3) is 0.250. The Balaban J connectivity index is 1.70. The summed E-state index contributed by atoms with van der Waals surface area (Å²) in [6.07, 6.45) is 2.70. The minimum atomic E-state index is -0.433. The second-order valence-electron chi connectivity index (χ2n) is 7.28. The number of amides is 1. The van der Waals surface area contributed by atoms with Crippen molar-refractivity contribution in [3.8, 4) is 11.1 Å². The van der Waals surface area contributed by atoms with Crippen molar-refractivity contribution in [3.63, 3.8) is 0 Å². The predicted octanol–water partition coefficient (Wildman–Crippen LogP) is 3.95. The molecule has 2 N–H and O–H groups in total. The summed E-state index contributed by atoms with van der Waals surface area (Å²) in [6.45, 7) is 2.33. The summed E-state index contributed by atoms with van der Waals surface area (Å²) in [5.74, 6) is -0.154. The monoisotopic (exact) mass is 405 g/mol. The van der Waals surface area contributed by atoms with E-state index in [0.717, 1.165) is 27.5 Å². The molecule has 0 radical (unpaired) electrons. The molecule has 0 atom stereocenters. The maximum Gasteiger partial charge on any atom is 0.339 e. The maximum absolute atomic E-state index is 12.5. The summed E-state index contributed by atoms with van der Waals surface area (Å²) < 4.78 is 11.3. The average molecular weight is 405 g/mol. The molecule has 1 amide bonds. The Hall–Kier alpha value is -3.38. The number of aliphatic hydroxyl groups is 1. The van der Waals surface area contributed by atoms with Gasteiger partial charge in [-0.3, -0.25) is 4.79 Å². The largest absolute Gasteiger partial charge is 0.464 e. The van der Waals surface area contributed by atoms with Crippen molar-refractivity contribution in [1.29, 1.82) is 0 Å². The summed E-state index contributed by atoms with van der Waals surface area (Å²) in [7, 11) is 0. The minimum absolute atomic E-state index is 0.0289. The Bertz CT molecular complexity index is 1250. The molecular weight excluding hydrogens is 382 g/mol. The van der Waals surface area contributed by atoms with Crippen LogP contribution in [-0.4, -0.2) is 24.2 Å². The number of carbonyl (C=O) groups is 1. The fourth-order valence-electron chi connectivity index (χ4n) is 3.67. The average Bonchev–Trinajstić information content (AvgIpc) is 3.16. The molecule has 0 spiro atoms. The van der Waals surface area contributed by atoms with Crippen molar-refractivity contribution < 1.29 is 18.7 Å². The smallest absolute Gasteiger partial charge is 0.339 e. The van der Waals surface area contributed by atoms with Crippen molar-refractivity contribution >= 4 is 27.8 Å². The van der Waals surface area contributed by atoms with E-state index in [-0.39, 0.29) is 18.9 Å². The topological polar surface area (TPSA) is 92.7 Å². The van der Waals surface area contributed by atoms with Gasteiger partial charge in [0, 0.05) is 47.5 Å². The van der Waals surface area contributed by atoms with Crippen LogP contribution < -0.4 is 10.9 Å². The number of hydrogen-bond acceptors (Lipinski definition) is 5. The third kappa shape index (κ3) is 3.86. The number of hydrogen-bond donors (Lipinski definition) is 2. The number of fused-ring (bicyclic) bond motifs is 2. The second kappa shape index (κ2) is 8.55. The zero-order valence-electron chi connectivity index (χ0n) is 16.7. The van der Waals surface area contributed by atoms with E-state index in [2.05, 4.69) is 5.32 Å².